The van der Waals surface area contributed by atoms with Gasteiger partial charge in [0.2, 0.25) is 0 Å². The summed E-state index contributed by atoms with van der Waals surface area (Å²) < 4.78 is 7.69. The molecular formula is C26H30N2O2. The Bertz CT molecular complexity index is 996. The fourth-order valence-electron chi connectivity index (χ4n) is 4.13. The zero-order valence-corrected chi connectivity index (χ0v) is 17.7. The highest BCUT2D eigenvalue weighted by atomic mass is 16.5. The lowest BCUT2D eigenvalue weighted by atomic mass is 10.1. The van der Waals surface area contributed by atoms with Gasteiger partial charge in [-0.2, -0.15) is 0 Å². The molecule has 4 heteroatoms. The van der Waals surface area contributed by atoms with E-state index >= 15 is 0 Å². The van der Waals surface area contributed by atoms with Crippen molar-refractivity contribution in [1.29, 1.82) is 0 Å². The Kier molecular flexibility index (Phi) is 6.65. The monoisotopic (exact) mass is 402 g/mol. The van der Waals surface area contributed by atoms with Crippen LogP contribution in [0.3, 0.4) is 0 Å². The summed E-state index contributed by atoms with van der Waals surface area (Å²) in [5.41, 5.74) is 3.23. The quantitative estimate of drug-likeness (QED) is 0.507. The minimum atomic E-state index is 0.00915. The average molecular weight is 403 g/mol. The lowest BCUT2D eigenvalue weighted by molar-refractivity contribution is 0.230. The van der Waals surface area contributed by atoms with Crippen LogP contribution in [0.15, 0.2) is 77.7 Å². The molecule has 2 aromatic carbocycles. The Balaban J connectivity index is 1.35. The predicted octanol–water partition coefficient (Wildman–Crippen LogP) is 4.82. The van der Waals surface area contributed by atoms with Crippen molar-refractivity contribution < 1.29 is 4.74 Å². The van der Waals surface area contributed by atoms with Crippen LogP contribution in [0.5, 0.6) is 5.75 Å². The molecule has 4 nitrogen and oxygen atoms in total. The average Bonchev–Trinajstić information content (AvgIpc) is 3.19. The van der Waals surface area contributed by atoms with Crippen molar-refractivity contribution in [3.8, 4) is 16.9 Å². The number of pyridine rings is 1. The van der Waals surface area contributed by atoms with Crippen molar-refractivity contribution in [1.82, 2.24) is 9.47 Å². The minimum absolute atomic E-state index is 0.00915. The van der Waals surface area contributed by atoms with Gasteiger partial charge in [-0.05, 0) is 67.6 Å². The summed E-state index contributed by atoms with van der Waals surface area (Å²) in [6.07, 6.45) is 5.63. The van der Waals surface area contributed by atoms with Gasteiger partial charge in [-0.25, -0.2) is 0 Å². The molecule has 1 fully saturated rings. The standard InChI is InChI=1S/C26H30N2O2/c1-21-7-5-16-27(21)17-6-18-30-25-13-10-23(11-14-25)24-12-15-26(29)28(20-24)19-22-8-3-2-4-9-22/h2-4,8-15,20-21H,5-7,16-19H2,1H3/t21-/m1/s1. The number of benzene rings is 2. The van der Waals surface area contributed by atoms with Crippen molar-refractivity contribution in [3.63, 3.8) is 0 Å². The summed E-state index contributed by atoms with van der Waals surface area (Å²) >= 11 is 0. The lowest BCUT2D eigenvalue weighted by Crippen LogP contribution is -2.28. The number of rotatable bonds is 8. The Morgan fingerprint density at radius 3 is 2.47 bits per heavy atom. The van der Waals surface area contributed by atoms with Gasteiger partial charge >= 0.3 is 0 Å². The van der Waals surface area contributed by atoms with E-state index in [0.29, 0.717) is 6.54 Å². The number of likely N-dealkylation sites (tertiary alicyclic amines) is 1. The fourth-order valence-corrected chi connectivity index (χ4v) is 4.13. The van der Waals surface area contributed by atoms with E-state index in [0.717, 1.165) is 48.1 Å². The normalized spacial score (nSPS) is 16.6. The van der Waals surface area contributed by atoms with Gasteiger partial charge in [0.25, 0.3) is 5.56 Å². The number of ether oxygens (including phenoxy) is 1. The largest absolute Gasteiger partial charge is 0.494 e. The van der Waals surface area contributed by atoms with E-state index in [4.69, 9.17) is 4.74 Å². The van der Waals surface area contributed by atoms with Gasteiger partial charge in [-0.3, -0.25) is 4.79 Å². The molecule has 3 aromatic rings. The van der Waals surface area contributed by atoms with E-state index in [-0.39, 0.29) is 5.56 Å². The molecular weight excluding hydrogens is 372 g/mol. The van der Waals surface area contributed by atoms with Crippen LogP contribution in [-0.4, -0.2) is 35.2 Å². The molecule has 0 amide bonds. The first-order valence-corrected chi connectivity index (χ1v) is 10.9. The number of hydrogen-bond acceptors (Lipinski definition) is 3. The van der Waals surface area contributed by atoms with Gasteiger partial charge in [0.15, 0.2) is 0 Å². The van der Waals surface area contributed by atoms with Crippen molar-refractivity contribution >= 4 is 0 Å². The maximum Gasteiger partial charge on any atom is 0.250 e. The van der Waals surface area contributed by atoms with Crippen LogP contribution in [-0.2, 0) is 6.54 Å². The summed E-state index contributed by atoms with van der Waals surface area (Å²) in [6, 6.07) is 22.4. The first kappa shape index (κ1) is 20.4. The van der Waals surface area contributed by atoms with Gasteiger partial charge in [0.1, 0.15) is 5.75 Å². The van der Waals surface area contributed by atoms with Crippen LogP contribution in [0.25, 0.3) is 11.1 Å². The smallest absolute Gasteiger partial charge is 0.250 e. The molecule has 0 spiro atoms. The van der Waals surface area contributed by atoms with Crippen molar-refractivity contribution in [3.05, 3.63) is 88.8 Å². The van der Waals surface area contributed by atoms with E-state index in [1.165, 1.54) is 19.4 Å². The van der Waals surface area contributed by atoms with Crippen molar-refractivity contribution in [2.75, 3.05) is 19.7 Å². The molecule has 0 saturated carbocycles. The highest BCUT2D eigenvalue weighted by Crippen LogP contribution is 2.22. The SMILES string of the molecule is C[C@@H]1CCCN1CCCOc1ccc(-c2ccc(=O)n(Cc3ccccc3)c2)cc1. The third-order valence-corrected chi connectivity index (χ3v) is 5.92. The van der Waals surface area contributed by atoms with Gasteiger partial charge in [-0.1, -0.05) is 42.5 Å². The molecule has 1 atom stereocenters. The van der Waals surface area contributed by atoms with Gasteiger partial charge < -0.3 is 14.2 Å². The maximum atomic E-state index is 12.3. The summed E-state index contributed by atoms with van der Waals surface area (Å²) in [7, 11) is 0. The lowest BCUT2D eigenvalue weighted by Gasteiger charge is -2.20. The van der Waals surface area contributed by atoms with Gasteiger partial charge in [0, 0.05) is 24.8 Å². The summed E-state index contributed by atoms with van der Waals surface area (Å²) in [6.45, 7) is 5.97. The highest BCUT2D eigenvalue weighted by Gasteiger charge is 2.19. The molecule has 1 aromatic heterocycles. The summed E-state index contributed by atoms with van der Waals surface area (Å²) in [4.78, 5) is 14.8. The van der Waals surface area contributed by atoms with Gasteiger partial charge in [-0.15, -0.1) is 0 Å². The predicted molar refractivity (Wildman–Crippen MR) is 122 cm³/mol. The molecule has 0 N–H and O–H groups in total. The van der Waals surface area contributed by atoms with E-state index in [1.807, 2.05) is 54.7 Å². The minimum Gasteiger partial charge on any atom is -0.494 e. The van der Waals surface area contributed by atoms with Crippen LogP contribution >= 0.6 is 0 Å². The van der Waals surface area contributed by atoms with Crippen LogP contribution in [0.1, 0.15) is 31.7 Å². The van der Waals surface area contributed by atoms with Crippen LogP contribution in [0.4, 0.5) is 0 Å². The third kappa shape index (κ3) is 5.19. The first-order chi connectivity index (χ1) is 14.7. The summed E-state index contributed by atoms with van der Waals surface area (Å²) in [5, 5.41) is 0. The zero-order valence-electron chi connectivity index (χ0n) is 17.7. The third-order valence-electron chi connectivity index (χ3n) is 5.92. The Labute approximate surface area is 178 Å². The van der Waals surface area contributed by atoms with Crippen LogP contribution in [0, 0.1) is 0 Å². The molecule has 0 unspecified atom stereocenters. The van der Waals surface area contributed by atoms with Crippen LogP contribution < -0.4 is 10.3 Å². The molecule has 1 aliphatic heterocycles. The highest BCUT2D eigenvalue weighted by molar-refractivity contribution is 5.63. The second-order valence-electron chi connectivity index (χ2n) is 8.12. The Morgan fingerprint density at radius 1 is 0.967 bits per heavy atom. The molecule has 156 valence electrons. The summed E-state index contributed by atoms with van der Waals surface area (Å²) in [5.74, 6) is 0.894. The molecule has 2 heterocycles. The molecule has 4 rings (SSSR count). The Morgan fingerprint density at radius 2 is 1.73 bits per heavy atom. The van der Waals surface area contributed by atoms with Crippen molar-refractivity contribution in [2.24, 2.45) is 0 Å². The number of nitrogens with zero attached hydrogens (tertiary/aromatic N) is 2. The van der Waals surface area contributed by atoms with E-state index in [2.05, 4.69) is 24.0 Å². The zero-order chi connectivity index (χ0) is 20.8. The van der Waals surface area contributed by atoms with Gasteiger partial charge in [0.05, 0.1) is 13.2 Å². The number of aromatic nitrogens is 1. The second-order valence-corrected chi connectivity index (χ2v) is 8.12. The van der Waals surface area contributed by atoms with E-state index in [1.54, 1.807) is 10.6 Å². The topological polar surface area (TPSA) is 34.5 Å². The second kappa shape index (κ2) is 9.77. The van der Waals surface area contributed by atoms with Crippen molar-refractivity contribution in [2.45, 2.75) is 38.8 Å². The Hall–Kier alpha value is -2.85. The first-order valence-electron chi connectivity index (χ1n) is 10.9. The van der Waals surface area contributed by atoms with E-state index < -0.39 is 0 Å². The maximum absolute atomic E-state index is 12.3. The molecule has 30 heavy (non-hydrogen) atoms. The van der Waals surface area contributed by atoms with E-state index in [9.17, 15) is 4.79 Å². The molecule has 0 bridgehead atoms. The number of hydrogen-bond donors (Lipinski definition) is 0. The molecule has 0 radical (unpaired) electrons. The fraction of sp³-hybridized carbons (Fsp3) is 0.346. The van der Waals surface area contributed by atoms with Crippen LogP contribution in [0.2, 0.25) is 0 Å². The molecule has 1 aliphatic rings. The molecule has 1 saturated heterocycles. The molecule has 0 aliphatic carbocycles.